The number of nitrogens with zero attached hydrogens (tertiary/aromatic N) is 3. The molecule has 2 aliphatic heterocycles. The van der Waals surface area contributed by atoms with E-state index in [1.54, 1.807) is 18.2 Å². The van der Waals surface area contributed by atoms with Gasteiger partial charge in [0.15, 0.2) is 5.13 Å². The van der Waals surface area contributed by atoms with Gasteiger partial charge in [0.1, 0.15) is 23.0 Å². The van der Waals surface area contributed by atoms with Crippen LogP contribution in [0.15, 0.2) is 52.4 Å². The van der Waals surface area contributed by atoms with Crippen molar-refractivity contribution < 1.29 is 41.1 Å². The summed E-state index contributed by atoms with van der Waals surface area (Å²) in [6.45, 7) is 0.170. The number of hydrogen-bond donors (Lipinski definition) is 0. The van der Waals surface area contributed by atoms with Crippen molar-refractivity contribution in [1.82, 2.24) is 10.1 Å². The average molecular weight is 644 g/mol. The molecule has 7 rings (SSSR count). The van der Waals surface area contributed by atoms with Gasteiger partial charge in [-0.3, -0.25) is 0 Å². The number of methoxy groups -OCH3 is 1. The first-order chi connectivity index (χ1) is 21.7. The average Bonchev–Trinajstić information content (AvgIpc) is 3.47. The molecule has 2 saturated heterocycles. The number of esters is 1. The smallest absolute Gasteiger partial charge is 0.465 e. The van der Waals surface area contributed by atoms with E-state index in [2.05, 4.69) is 19.5 Å². The molecule has 1 unspecified atom stereocenters. The van der Waals surface area contributed by atoms with E-state index in [-0.39, 0.29) is 47.6 Å². The molecule has 0 radical (unpaired) electrons. The van der Waals surface area contributed by atoms with Gasteiger partial charge in [-0.15, -0.1) is 24.5 Å². The molecule has 3 aliphatic rings. The number of fused-ring (bicyclic) bond motifs is 2. The summed E-state index contributed by atoms with van der Waals surface area (Å²) < 4.78 is 75.0. The van der Waals surface area contributed by atoms with Crippen LogP contribution in [0.5, 0.6) is 5.75 Å². The van der Waals surface area contributed by atoms with Crippen molar-refractivity contribution >= 4 is 22.4 Å². The first-order valence-corrected chi connectivity index (χ1v) is 15.6. The predicted molar refractivity (Wildman–Crippen MR) is 157 cm³/mol. The zero-order valence-electron chi connectivity index (χ0n) is 24.2. The monoisotopic (exact) mass is 643 g/mol. The van der Waals surface area contributed by atoms with Crippen LogP contribution in [-0.2, 0) is 16.1 Å². The molecule has 2 aromatic heterocycles. The van der Waals surface area contributed by atoms with E-state index in [1.807, 2.05) is 5.38 Å². The normalized spacial score (nSPS) is 21.3. The van der Waals surface area contributed by atoms with E-state index in [0.717, 1.165) is 43.7 Å². The van der Waals surface area contributed by atoms with Gasteiger partial charge in [0, 0.05) is 40.1 Å². The van der Waals surface area contributed by atoms with Gasteiger partial charge in [0.25, 0.3) is 0 Å². The number of halogens is 4. The predicted octanol–water partition coefficient (Wildman–Crippen LogP) is 7.88. The molecule has 0 N–H and O–H groups in total. The Balaban J connectivity index is 1.06. The molecule has 0 amide bonds. The summed E-state index contributed by atoms with van der Waals surface area (Å²) in [5, 5.41) is 6.92. The Kier molecular flexibility index (Phi) is 7.76. The minimum Gasteiger partial charge on any atom is -0.465 e. The number of thiazole rings is 1. The summed E-state index contributed by atoms with van der Waals surface area (Å²) in [5.74, 6) is -0.882. The molecule has 4 heterocycles. The summed E-state index contributed by atoms with van der Waals surface area (Å²) in [7, 11) is 1.21. The maximum absolute atomic E-state index is 14.6. The van der Waals surface area contributed by atoms with Crippen molar-refractivity contribution in [2.45, 2.75) is 75.6 Å². The summed E-state index contributed by atoms with van der Waals surface area (Å²) in [4.78, 5) is 18.9. The molecule has 13 heteroatoms. The highest BCUT2D eigenvalue weighted by Crippen LogP contribution is 2.47. The summed E-state index contributed by atoms with van der Waals surface area (Å²) in [6, 6.07) is 10.7. The largest absolute Gasteiger partial charge is 0.573 e. The maximum Gasteiger partial charge on any atom is 0.573 e. The summed E-state index contributed by atoms with van der Waals surface area (Å²) in [5.41, 5.74) is 2.26. The molecule has 1 saturated carbocycles. The van der Waals surface area contributed by atoms with Crippen molar-refractivity contribution in [1.29, 1.82) is 0 Å². The number of ether oxygens (including phenoxy) is 3. The summed E-state index contributed by atoms with van der Waals surface area (Å²) >= 11 is 1.50. The fourth-order valence-corrected chi connectivity index (χ4v) is 7.43. The van der Waals surface area contributed by atoms with E-state index in [9.17, 15) is 22.4 Å². The number of rotatable bonds is 9. The number of benzene rings is 2. The Morgan fingerprint density at radius 2 is 1.84 bits per heavy atom. The van der Waals surface area contributed by atoms with Crippen molar-refractivity contribution in [3.05, 3.63) is 70.5 Å². The molecular formula is C32H29F4N3O5S. The van der Waals surface area contributed by atoms with E-state index < -0.39 is 18.1 Å². The SMILES string of the molecule is COC(=O)c1ccc(-c2csc(N3[C@@H]4CC[C@H]3CC(OCc3c(-c5ccccc5OC(F)(F)F)noc3C3CC3)C4)n2)cc1F. The summed E-state index contributed by atoms with van der Waals surface area (Å²) in [6.07, 6.45) is 0.459. The Morgan fingerprint density at radius 1 is 1.09 bits per heavy atom. The van der Waals surface area contributed by atoms with E-state index >= 15 is 0 Å². The van der Waals surface area contributed by atoms with Gasteiger partial charge >= 0.3 is 12.3 Å². The van der Waals surface area contributed by atoms with Crippen LogP contribution in [0.4, 0.5) is 22.7 Å². The van der Waals surface area contributed by atoms with Crippen LogP contribution < -0.4 is 9.64 Å². The zero-order chi connectivity index (χ0) is 31.3. The Morgan fingerprint density at radius 3 is 2.53 bits per heavy atom. The molecule has 8 nitrogen and oxygen atoms in total. The second-order valence-corrected chi connectivity index (χ2v) is 12.4. The third-order valence-electron chi connectivity index (χ3n) is 8.67. The van der Waals surface area contributed by atoms with Crippen molar-refractivity contribution in [2.24, 2.45) is 0 Å². The van der Waals surface area contributed by atoms with Gasteiger partial charge in [-0.2, -0.15) is 0 Å². The first kappa shape index (κ1) is 29.7. The lowest BCUT2D eigenvalue weighted by atomic mass is 10.00. The highest BCUT2D eigenvalue weighted by atomic mass is 32.1. The topological polar surface area (TPSA) is 86.9 Å². The molecule has 0 spiro atoms. The van der Waals surface area contributed by atoms with Crippen molar-refractivity contribution in [2.75, 3.05) is 12.0 Å². The number of carbonyl (C=O) groups is 1. The van der Waals surface area contributed by atoms with Gasteiger partial charge in [0.2, 0.25) is 0 Å². The molecule has 4 aromatic rings. The number of piperidine rings is 1. The number of para-hydroxylation sites is 1. The number of anilines is 1. The lowest BCUT2D eigenvalue weighted by Crippen LogP contribution is -2.45. The maximum atomic E-state index is 14.6. The molecule has 2 bridgehead atoms. The lowest BCUT2D eigenvalue weighted by molar-refractivity contribution is -0.274. The van der Waals surface area contributed by atoms with Crippen LogP contribution >= 0.6 is 11.3 Å². The van der Waals surface area contributed by atoms with Crippen molar-refractivity contribution in [3.8, 4) is 28.3 Å². The fraction of sp³-hybridized carbons (Fsp3) is 0.406. The quantitative estimate of drug-likeness (QED) is 0.135. The molecule has 3 fully saturated rings. The fourth-order valence-electron chi connectivity index (χ4n) is 6.46. The molecule has 2 aromatic carbocycles. The van der Waals surface area contributed by atoms with Gasteiger partial charge in [-0.25, -0.2) is 14.2 Å². The van der Waals surface area contributed by atoms with E-state index in [1.165, 1.54) is 42.7 Å². The Bertz CT molecular complexity index is 1700. The van der Waals surface area contributed by atoms with Crippen LogP contribution in [0.25, 0.3) is 22.5 Å². The molecule has 236 valence electrons. The Labute approximate surface area is 259 Å². The second-order valence-electron chi connectivity index (χ2n) is 11.6. The number of alkyl halides is 3. The lowest BCUT2D eigenvalue weighted by Gasteiger charge is -2.38. The van der Waals surface area contributed by atoms with Crippen LogP contribution in [0, 0.1) is 5.82 Å². The molecular weight excluding hydrogens is 614 g/mol. The third kappa shape index (κ3) is 6.02. The van der Waals surface area contributed by atoms with Crippen LogP contribution in [0.1, 0.15) is 66.1 Å². The van der Waals surface area contributed by atoms with Crippen molar-refractivity contribution in [3.63, 3.8) is 0 Å². The number of carbonyl (C=O) groups excluding carboxylic acids is 1. The highest BCUT2D eigenvalue weighted by molar-refractivity contribution is 7.14. The minimum atomic E-state index is -4.84. The number of hydrogen-bond acceptors (Lipinski definition) is 9. The minimum absolute atomic E-state index is 0.0605. The zero-order valence-corrected chi connectivity index (χ0v) is 25.0. The second kappa shape index (κ2) is 11.8. The molecule has 3 atom stereocenters. The number of aromatic nitrogens is 2. The van der Waals surface area contributed by atoms with Crippen LogP contribution in [0.3, 0.4) is 0 Å². The van der Waals surface area contributed by atoms with Crippen LogP contribution in [0.2, 0.25) is 0 Å². The third-order valence-corrected chi connectivity index (χ3v) is 9.52. The van der Waals surface area contributed by atoms with Gasteiger partial charge in [0.05, 0.1) is 31.1 Å². The van der Waals surface area contributed by atoms with Gasteiger partial charge < -0.3 is 23.6 Å². The Hall–Kier alpha value is -3.97. The van der Waals surface area contributed by atoms with Gasteiger partial charge in [-0.1, -0.05) is 23.4 Å². The first-order valence-electron chi connectivity index (χ1n) is 14.8. The standard InChI is InChI=1S/C32H29F4N3O5S/c1-41-30(40)22-11-8-18(12-25(22)33)26-16-45-31(37-26)39-19-9-10-20(39)14-21(13-19)42-15-24-28(38-44-29(24)17-6-7-17)23-4-2-3-5-27(23)43-32(34,35)36/h2-5,8,11-12,16-17,19-21H,6-7,9-10,13-15H2,1H3/t19-,20+,21?. The van der Waals surface area contributed by atoms with Gasteiger partial charge in [-0.05, 0) is 62.8 Å². The van der Waals surface area contributed by atoms with E-state index in [4.69, 9.17) is 14.2 Å². The van der Waals surface area contributed by atoms with E-state index in [0.29, 0.717) is 28.3 Å². The highest BCUT2D eigenvalue weighted by Gasteiger charge is 2.43. The molecule has 45 heavy (non-hydrogen) atoms. The van der Waals surface area contributed by atoms with Crippen LogP contribution in [-0.4, -0.2) is 47.8 Å². The molecule has 1 aliphatic carbocycles.